The first-order valence-corrected chi connectivity index (χ1v) is 12.2. The minimum absolute atomic E-state index is 0.0510. The lowest BCUT2D eigenvalue weighted by Crippen LogP contribution is -2.48. The van der Waals surface area contributed by atoms with E-state index in [1.54, 1.807) is 0 Å². The molecule has 1 saturated carbocycles. The van der Waals surface area contributed by atoms with Crippen molar-refractivity contribution >= 4 is 34.6 Å². The number of fused-ring (bicyclic) bond motifs is 1. The lowest BCUT2D eigenvalue weighted by Gasteiger charge is -2.39. The van der Waals surface area contributed by atoms with Gasteiger partial charge in [-0.15, -0.1) is 0 Å². The minimum Gasteiger partial charge on any atom is -0.353 e. The van der Waals surface area contributed by atoms with Crippen molar-refractivity contribution in [3.05, 3.63) is 24.3 Å². The summed E-state index contributed by atoms with van der Waals surface area (Å²) in [5.74, 6) is 0.509. The van der Waals surface area contributed by atoms with E-state index in [9.17, 15) is 9.59 Å². The van der Waals surface area contributed by atoms with E-state index >= 15 is 0 Å². The monoisotopic (exact) mass is 428 g/mol. The molecule has 7 heteroatoms. The average Bonchev–Trinajstić information content (AvgIpc) is 3.34. The molecule has 6 nitrogen and oxygen atoms in total. The molecule has 2 amide bonds. The number of likely N-dealkylation sites (tertiary alicyclic amines) is 1. The fourth-order valence-electron chi connectivity index (χ4n) is 4.92. The second-order valence-electron chi connectivity index (χ2n) is 8.74. The van der Waals surface area contributed by atoms with Crippen molar-refractivity contribution in [1.29, 1.82) is 0 Å². The molecule has 2 aromatic rings. The average molecular weight is 429 g/mol. The summed E-state index contributed by atoms with van der Waals surface area (Å²) < 4.78 is 1.99. The zero-order valence-electron chi connectivity index (χ0n) is 18.0. The first-order valence-electron chi connectivity index (χ1n) is 11.2. The van der Waals surface area contributed by atoms with Gasteiger partial charge < -0.3 is 14.8 Å². The molecule has 1 aromatic heterocycles. The van der Waals surface area contributed by atoms with Crippen LogP contribution in [0.25, 0.3) is 11.0 Å². The van der Waals surface area contributed by atoms with E-state index in [0.29, 0.717) is 11.8 Å². The van der Waals surface area contributed by atoms with Gasteiger partial charge in [0.25, 0.3) is 0 Å². The van der Waals surface area contributed by atoms with Crippen LogP contribution in [0.5, 0.6) is 0 Å². The van der Waals surface area contributed by atoms with Gasteiger partial charge >= 0.3 is 0 Å². The number of imidazole rings is 1. The number of piperidine rings is 1. The normalized spacial score (nSPS) is 22.5. The molecule has 2 fully saturated rings. The minimum atomic E-state index is 0.0510. The molecule has 0 unspecified atom stereocenters. The van der Waals surface area contributed by atoms with Crippen molar-refractivity contribution in [2.75, 3.05) is 5.75 Å². The standard InChI is InChI=1S/C23H32N4O2S/c1-16-8-7-9-17(2)27(16)22(29)14-26-20-13-6-5-12-19(20)25-23(26)30-15-21(28)24-18-10-3-4-11-18/h5-6,12-13,16-18H,3-4,7-11,14-15H2,1-2H3,(H,24,28)/t16-,17-/m0/s1. The van der Waals surface area contributed by atoms with Crippen LogP contribution in [0, 0.1) is 0 Å². The molecule has 2 atom stereocenters. The van der Waals surface area contributed by atoms with E-state index in [0.717, 1.165) is 41.9 Å². The Morgan fingerprint density at radius 2 is 1.77 bits per heavy atom. The summed E-state index contributed by atoms with van der Waals surface area (Å²) in [5.41, 5.74) is 1.81. The van der Waals surface area contributed by atoms with Crippen molar-refractivity contribution in [2.45, 2.75) is 88.6 Å². The Balaban J connectivity index is 1.50. The van der Waals surface area contributed by atoms with Crippen LogP contribution in [0.2, 0.25) is 0 Å². The Labute approximate surface area is 182 Å². The van der Waals surface area contributed by atoms with Gasteiger partial charge in [-0.2, -0.15) is 0 Å². The zero-order chi connectivity index (χ0) is 21.1. The van der Waals surface area contributed by atoms with Crippen LogP contribution in [0.15, 0.2) is 29.4 Å². The van der Waals surface area contributed by atoms with Crippen LogP contribution in [0.4, 0.5) is 0 Å². The van der Waals surface area contributed by atoms with Gasteiger partial charge in [0, 0.05) is 18.1 Å². The molecule has 1 N–H and O–H groups in total. The molecule has 0 bridgehead atoms. The highest BCUT2D eigenvalue weighted by Crippen LogP contribution is 2.27. The highest BCUT2D eigenvalue weighted by molar-refractivity contribution is 7.99. The van der Waals surface area contributed by atoms with Crippen LogP contribution in [-0.4, -0.2) is 50.1 Å². The number of amides is 2. The van der Waals surface area contributed by atoms with Crippen LogP contribution in [0.1, 0.15) is 58.8 Å². The van der Waals surface area contributed by atoms with Crippen molar-refractivity contribution in [3.63, 3.8) is 0 Å². The first-order chi connectivity index (χ1) is 14.5. The fraction of sp³-hybridized carbons (Fsp3) is 0.609. The highest BCUT2D eigenvalue weighted by atomic mass is 32.2. The first kappa shape index (κ1) is 21.2. The summed E-state index contributed by atoms with van der Waals surface area (Å²) >= 11 is 1.42. The lowest BCUT2D eigenvalue weighted by molar-refractivity contribution is -0.138. The second-order valence-corrected chi connectivity index (χ2v) is 9.68. The van der Waals surface area contributed by atoms with Crippen molar-refractivity contribution in [2.24, 2.45) is 0 Å². The molecular weight excluding hydrogens is 396 g/mol. The van der Waals surface area contributed by atoms with Gasteiger partial charge in [-0.05, 0) is 58.1 Å². The van der Waals surface area contributed by atoms with E-state index in [2.05, 4.69) is 19.2 Å². The van der Waals surface area contributed by atoms with Gasteiger partial charge in [-0.1, -0.05) is 36.7 Å². The molecule has 1 aliphatic carbocycles. The van der Waals surface area contributed by atoms with Gasteiger partial charge in [0.2, 0.25) is 11.8 Å². The fourth-order valence-corrected chi connectivity index (χ4v) is 5.74. The predicted molar refractivity (Wildman–Crippen MR) is 120 cm³/mol. The number of carbonyl (C=O) groups excluding carboxylic acids is 2. The number of thioether (sulfide) groups is 1. The van der Waals surface area contributed by atoms with Crippen LogP contribution < -0.4 is 5.32 Å². The Morgan fingerprint density at radius 3 is 2.50 bits per heavy atom. The molecule has 1 aromatic carbocycles. The number of para-hydroxylation sites is 2. The summed E-state index contributed by atoms with van der Waals surface area (Å²) in [4.78, 5) is 32.4. The van der Waals surface area contributed by atoms with Gasteiger partial charge in [-0.3, -0.25) is 9.59 Å². The molecule has 0 spiro atoms. The van der Waals surface area contributed by atoms with Crippen molar-refractivity contribution < 1.29 is 9.59 Å². The Morgan fingerprint density at radius 1 is 1.07 bits per heavy atom. The molecule has 2 aliphatic rings. The summed E-state index contributed by atoms with van der Waals surface area (Å²) in [6.07, 6.45) is 7.85. The van der Waals surface area contributed by atoms with E-state index in [-0.39, 0.29) is 30.4 Å². The van der Waals surface area contributed by atoms with Crippen LogP contribution >= 0.6 is 11.8 Å². The number of aromatic nitrogens is 2. The van der Waals surface area contributed by atoms with Crippen LogP contribution in [0.3, 0.4) is 0 Å². The maximum Gasteiger partial charge on any atom is 0.243 e. The topological polar surface area (TPSA) is 67.2 Å². The Hall–Kier alpha value is -2.02. The molecule has 162 valence electrons. The van der Waals surface area contributed by atoms with Gasteiger partial charge in [0.1, 0.15) is 6.54 Å². The summed E-state index contributed by atoms with van der Waals surface area (Å²) in [5, 5.41) is 3.87. The number of nitrogens with one attached hydrogen (secondary N) is 1. The number of carbonyl (C=O) groups is 2. The number of hydrogen-bond donors (Lipinski definition) is 1. The molecule has 0 radical (unpaired) electrons. The summed E-state index contributed by atoms with van der Waals surface area (Å²) in [6.45, 7) is 4.55. The largest absolute Gasteiger partial charge is 0.353 e. The van der Waals surface area contributed by atoms with Crippen LogP contribution in [-0.2, 0) is 16.1 Å². The number of hydrogen-bond acceptors (Lipinski definition) is 4. The van der Waals surface area contributed by atoms with Crippen molar-refractivity contribution in [1.82, 2.24) is 19.8 Å². The van der Waals surface area contributed by atoms with Crippen molar-refractivity contribution in [3.8, 4) is 0 Å². The van der Waals surface area contributed by atoms with E-state index in [1.165, 1.54) is 31.0 Å². The third-order valence-electron chi connectivity index (χ3n) is 6.45. The zero-order valence-corrected chi connectivity index (χ0v) is 18.8. The Kier molecular flexibility index (Phi) is 6.66. The second kappa shape index (κ2) is 9.41. The van der Waals surface area contributed by atoms with Gasteiger partial charge in [-0.25, -0.2) is 4.98 Å². The van der Waals surface area contributed by atoms with E-state index < -0.39 is 0 Å². The van der Waals surface area contributed by atoms with Gasteiger partial charge in [0.15, 0.2) is 5.16 Å². The maximum atomic E-state index is 13.2. The predicted octanol–water partition coefficient (Wildman–Crippen LogP) is 3.98. The molecule has 1 saturated heterocycles. The summed E-state index contributed by atoms with van der Waals surface area (Å²) in [7, 11) is 0. The number of rotatable bonds is 6. The van der Waals surface area contributed by atoms with E-state index in [1.807, 2.05) is 33.7 Å². The molecule has 1 aliphatic heterocycles. The smallest absolute Gasteiger partial charge is 0.243 e. The molecule has 4 rings (SSSR count). The third-order valence-corrected chi connectivity index (χ3v) is 7.42. The highest BCUT2D eigenvalue weighted by Gasteiger charge is 2.29. The SMILES string of the molecule is C[C@H]1CCC[C@H](C)N1C(=O)Cn1c(SCC(=O)NC2CCCC2)nc2ccccc21. The molecular formula is C23H32N4O2S. The Bertz CT molecular complexity index is 896. The maximum absolute atomic E-state index is 13.2. The molecule has 30 heavy (non-hydrogen) atoms. The number of benzene rings is 1. The number of nitrogens with zero attached hydrogens (tertiary/aromatic N) is 3. The summed E-state index contributed by atoms with van der Waals surface area (Å²) in [6, 6.07) is 8.75. The lowest BCUT2D eigenvalue weighted by atomic mass is 9.97. The molecule has 2 heterocycles. The van der Waals surface area contributed by atoms with Gasteiger partial charge in [0.05, 0.1) is 16.8 Å². The van der Waals surface area contributed by atoms with E-state index in [4.69, 9.17) is 4.98 Å². The quantitative estimate of drug-likeness (QED) is 0.707. The third kappa shape index (κ3) is 4.66.